The number of fused-ring (bicyclic) bond motifs is 1. The lowest BCUT2D eigenvalue weighted by Crippen LogP contribution is -2.18. The summed E-state index contributed by atoms with van der Waals surface area (Å²) >= 11 is 0. The smallest absolute Gasteiger partial charge is 0.132 e. The molecule has 14 heavy (non-hydrogen) atoms. The first-order valence-corrected chi connectivity index (χ1v) is 5.13. The van der Waals surface area contributed by atoms with Gasteiger partial charge in [0.15, 0.2) is 0 Å². The van der Waals surface area contributed by atoms with E-state index in [9.17, 15) is 4.39 Å². The van der Waals surface area contributed by atoms with E-state index in [-0.39, 0.29) is 11.9 Å². The van der Waals surface area contributed by atoms with Crippen molar-refractivity contribution in [3.8, 4) is 0 Å². The van der Waals surface area contributed by atoms with Gasteiger partial charge in [0.25, 0.3) is 0 Å². The zero-order valence-corrected chi connectivity index (χ0v) is 8.64. The normalized spacial score (nSPS) is 20.6. The van der Waals surface area contributed by atoms with Crippen LogP contribution in [0.25, 0.3) is 0 Å². The molecule has 1 atom stereocenters. The molecule has 0 spiro atoms. The van der Waals surface area contributed by atoms with Gasteiger partial charge in [0, 0.05) is 5.56 Å². The van der Waals surface area contributed by atoms with Gasteiger partial charge in [-0.15, -0.1) is 0 Å². The summed E-state index contributed by atoms with van der Waals surface area (Å²) in [5.41, 5.74) is 2.62. The number of halogens is 1. The standard InChI is InChI=1S/C12H15FO/c1-3-10-11-9(6-7-14-10)5-4-8(2)12(11)13/h4-5,10H,3,6-7H2,1-2H3/t10-/m0/s1. The first kappa shape index (κ1) is 9.66. The molecule has 1 aliphatic heterocycles. The van der Waals surface area contributed by atoms with E-state index >= 15 is 0 Å². The van der Waals surface area contributed by atoms with Gasteiger partial charge in [-0.3, -0.25) is 0 Å². The summed E-state index contributed by atoms with van der Waals surface area (Å²) < 4.78 is 19.4. The summed E-state index contributed by atoms with van der Waals surface area (Å²) in [5, 5.41) is 0. The number of hydrogen-bond acceptors (Lipinski definition) is 1. The Morgan fingerprint density at radius 1 is 1.50 bits per heavy atom. The third-order valence-electron chi connectivity index (χ3n) is 2.85. The molecular formula is C12H15FO. The highest BCUT2D eigenvalue weighted by Gasteiger charge is 2.23. The average Bonchev–Trinajstić information content (AvgIpc) is 2.23. The molecule has 1 heterocycles. The van der Waals surface area contributed by atoms with Gasteiger partial charge in [0.2, 0.25) is 0 Å². The molecular weight excluding hydrogens is 179 g/mol. The minimum absolute atomic E-state index is 0.0429. The molecule has 0 aliphatic carbocycles. The number of rotatable bonds is 1. The Morgan fingerprint density at radius 3 is 3.00 bits per heavy atom. The minimum atomic E-state index is -0.0750. The Morgan fingerprint density at radius 2 is 2.29 bits per heavy atom. The molecule has 0 unspecified atom stereocenters. The van der Waals surface area contributed by atoms with Crippen LogP contribution >= 0.6 is 0 Å². The van der Waals surface area contributed by atoms with Crippen molar-refractivity contribution in [1.29, 1.82) is 0 Å². The highest BCUT2D eigenvalue weighted by atomic mass is 19.1. The van der Waals surface area contributed by atoms with E-state index in [4.69, 9.17) is 4.74 Å². The van der Waals surface area contributed by atoms with E-state index in [1.807, 2.05) is 19.1 Å². The molecule has 0 radical (unpaired) electrons. The molecule has 2 heteroatoms. The number of aryl methyl sites for hydroxylation is 1. The maximum atomic E-state index is 13.8. The topological polar surface area (TPSA) is 9.23 Å². The van der Waals surface area contributed by atoms with Crippen LogP contribution < -0.4 is 0 Å². The SMILES string of the molecule is CC[C@@H]1OCCc2ccc(C)c(F)c21. The van der Waals surface area contributed by atoms with Gasteiger partial charge in [-0.2, -0.15) is 0 Å². The first-order chi connectivity index (χ1) is 6.74. The molecule has 0 bridgehead atoms. The second-order valence-electron chi connectivity index (χ2n) is 3.79. The van der Waals surface area contributed by atoms with E-state index in [1.165, 1.54) is 0 Å². The van der Waals surface area contributed by atoms with Crippen LogP contribution in [-0.2, 0) is 11.2 Å². The molecule has 0 fully saturated rings. The van der Waals surface area contributed by atoms with Gasteiger partial charge < -0.3 is 4.74 Å². The fourth-order valence-corrected chi connectivity index (χ4v) is 2.02. The summed E-state index contributed by atoms with van der Waals surface area (Å²) in [6.07, 6.45) is 1.63. The highest BCUT2D eigenvalue weighted by molar-refractivity contribution is 5.36. The molecule has 0 saturated heterocycles. The number of ether oxygens (including phenoxy) is 1. The van der Waals surface area contributed by atoms with E-state index in [1.54, 1.807) is 6.92 Å². The van der Waals surface area contributed by atoms with Crippen LogP contribution in [0, 0.1) is 12.7 Å². The molecule has 1 aromatic carbocycles. The van der Waals surface area contributed by atoms with E-state index in [2.05, 4.69) is 0 Å². The van der Waals surface area contributed by atoms with E-state index in [0.717, 1.165) is 24.0 Å². The van der Waals surface area contributed by atoms with E-state index in [0.29, 0.717) is 12.2 Å². The van der Waals surface area contributed by atoms with Crippen molar-refractivity contribution in [2.24, 2.45) is 0 Å². The van der Waals surface area contributed by atoms with Crippen LogP contribution in [0.15, 0.2) is 12.1 Å². The number of hydrogen-bond donors (Lipinski definition) is 0. The van der Waals surface area contributed by atoms with Gasteiger partial charge in [-0.1, -0.05) is 19.1 Å². The van der Waals surface area contributed by atoms with Crippen LogP contribution in [0.3, 0.4) is 0 Å². The summed E-state index contributed by atoms with van der Waals surface area (Å²) in [7, 11) is 0. The molecule has 1 nitrogen and oxygen atoms in total. The zero-order chi connectivity index (χ0) is 10.1. The molecule has 2 rings (SSSR count). The average molecular weight is 194 g/mol. The quantitative estimate of drug-likeness (QED) is 0.667. The fourth-order valence-electron chi connectivity index (χ4n) is 2.02. The van der Waals surface area contributed by atoms with Gasteiger partial charge in [-0.05, 0) is 30.9 Å². The van der Waals surface area contributed by atoms with Crippen LogP contribution in [0.5, 0.6) is 0 Å². The third-order valence-corrected chi connectivity index (χ3v) is 2.85. The fraction of sp³-hybridized carbons (Fsp3) is 0.500. The molecule has 0 saturated carbocycles. The van der Waals surface area contributed by atoms with Crippen LogP contribution in [0.2, 0.25) is 0 Å². The largest absolute Gasteiger partial charge is 0.373 e. The van der Waals surface area contributed by atoms with Crippen molar-refractivity contribution in [2.45, 2.75) is 32.8 Å². The molecule has 1 aliphatic rings. The lowest BCUT2D eigenvalue weighted by Gasteiger charge is -2.26. The molecule has 0 N–H and O–H groups in total. The molecule has 1 aromatic rings. The third kappa shape index (κ3) is 1.44. The zero-order valence-electron chi connectivity index (χ0n) is 8.64. The van der Waals surface area contributed by atoms with Gasteiger partial charge in [0.05, 0.1) is 12.7 Å². The maximum absolute atomic E-state index is 13.8. The van der Waals surface area contributed by atoms with Crippen LogP contribution in [0.4, 0.5) is 4.39 Å². The lowest BCUT2D eigenvalue weighted by molar-refractivity contribution is 0.0370. The Hall–Kier alpha value is -0.890. The van der Waals surface area contributed by atoms with Gasteiger partial charge in [-0.25, -0.2) is 4.39 Å². The second kappa shape index (κ2) is 3.70. The first-order valence-electron chi connectivity index (χ1n) is 5.13. The number of benzene rings is 1. The highest BCUT2D eigenvalue weighted by Crippen LogP contribution is 2.32. The predicted octanol–water partition coefficient (Wildman–Crippen LogP) is 3.16. The predicted molar refractivity (Wildman–Crippen MR) is 53.8 cm³/mol. The summed E-state index contributed by atoms with van der Waals surface area (Å²) in [5.74, 6) is -0.0750. The maximum Gasteiger partial charge on any atom is 0.132 e. The van der Waals surface area contributed by atoms with Crippen molar-refractivity contribution in [3.05, 3.63) is 34.6 Å². The molecule has 0 aromatic heterocycles. The molecule has 76 valence electrons. The Balaban J connectivity index is 2.53. The van der Waals surface area contributed by atoms with Crippen LogP contribution in [0.1, 0.15) is 36.1 Å². The molecule has 0 amide bonds. The van der Waals surface area contributed by atoms with Crippen molar-refractivity contribution in [3.63, 3.8) is 0 Å². The Bertz CT molecular complexity index is 346. The minimum Gasteiger partial charge on any atom is -0.373 e. The van der Waals surface area contributed by atoms with E-state index < -0.39 is 0 Å². The summed E-state index contributed by atoms with van der Waals surface area (Å²) in [6, 6.07) is 3.88. The van der Waals surface area contributed by atoms with Crippen molar-refractivity contribution in [2.75, 3.05) is 6.61 Å². The monoisotopic (exact) mass is 194 g/mol. The van der Waals surface area contributed by atoms with Crippen molar-refractivity contribution in [1.82, 2.24) is 0 Å². The van der Waals surface area contributed by atoms with Gasteiger partial charge >= 0.3 is 0 Å². The van der Waals surface area contributed by atoms with Gasteiger partial charge in [0.1, 0.15) is 5.82 Å². The van der Waals surface area contributed by atoms with Crippen LogP contribution in [-0.4, -0.2) is 6.61 Å². The second-order valence-corrected chi connectivity index (χ2v) is 3.79. The Kier molecular flexibility index (Phi) is 2.55. The summed E-state index contributed by atoms with van der Waals surface area (Å²) in [4.78, 5) is 0. The van der Waals surface area contributed by atoms with Crippen molar-refractivity contribution < 1.29 is 9.13 Å². The van der Waals surface area contributed by atoms with Crippen molar-refractivity contribution >= 4 is 0 Å². The Labute approximate surface area is 83.9 Å². The lowest BCUT2D eigenvalue weighted by atomic mass is 9.93. The summed E-state index contributed by atoms with van der Waals surface area (Å²) in [6.45, 7) is 4.55.